The van der Waals surface area contributed by atoms with Crippen molar-refractivity contribution < 1.29 is 22.7 Å². The SMILES string of the molecule is COC(=O)C1=C(C)N([C@H]2CCS(=O)(=O)C2)C(=O)N[C@@H]1c1ccccc1. The first-order valence-electron chi connectivity index (χ1n) is 7.98. The second-order valence-electron chi connectivity index (χ2n) is 6.21. The maximum absolute atomic E-state index is 12.7. The number of ether oxygens (including phenoxy) is 1. The summed E-state index contributed by atoms with van der Waals surface area (Å²) in [6.07, 6.45) is 0.359. The maximum atomic E-state index is 12.7. The molecule has 7 nitrogen and oxygen atoms in total. The lowest BCUT2D eigenvalue weighted by atomic mass is 9.94. The van der Waals surface area contributed by atoms with Gasteiger partial charge in [-0.1, -0.05) is 30.3 Å². The number of benzene rings is 1. The molecule has 0 spiro atoms. The highest BCUT2D eigenvalue weighted by Gasteiger charge is 2.42. The standard InChI is InChI=1S/C17H20N2O5S/c1-11-14(16(20)24-2)15(12-6-4-3-5-7-12)18-17(21)19(11)13-8-9-25(22,23)10-13/h3-7,13,15H,8-10H2,1-2H3,(H,18,21)/t13-,15+/m0/s1. The minimum absolute atomic E-state index is 0.0460. The van der Waals surface area contributed by atoms with Crippen LogP contribution in [0.4, 0.5) is 4.79 Å². The number of hydrogen-bond donors (Lipinski definition) is 1. The molecule has 1 aromatic carbocycles. The minimum Gasteiger partial charge on any atom is -0.466 e. The van der Waals surface area contributed by atoms with Gasteiger partial charge in [-0.2, -0.15) is 0 Å². The fourth-order valence-electron chi connectivity index (χ4n) is 3.45. The van der Waals surface area contributed by atoms with Crippen LogP contribution in [0, 0.1) is 0 Å². The molecule has 1 fully saturated rings. The summed E-state index contributed by atoms with van der Waals surface area (Å²) in [7, 11) is -1.88. The minimum atomic E-state index is -3.16. The molecular formula is C17H20N2O5S. The number of sulfone groups is 1. The van der Waals surface area contributed by atoms with E-state index in [9.17, 15) is 18.0 Å². The van der Waals surface area contributed by atoms with Gasteiger partial charge in [0.15, 0.2) is 9.84 Å². The molecule has 8 heteroatoms. The predicted molar refractivity (Wildman–Crippen MR) is 91.3 cm³/mol. The van der Waals surface area contributed by atoms with Gasteiger partial charge in [0.25, 0.3) is 0 Å². The van der Waals surface area contributed by atoms with Crippen LogP contribution in [0.5, 0.6) is 0 Å². The maximum Gasteiger partial charge on any atom is 0.337 e. The van der Waals surface area contributed by atoms with E-state index in [4.69, 9.17) is 4.74 Å². The van der Waals surface area contributed by atoms with Gasteiger partial charge in [-0.05, 0) is 18.9 Å². The van der Waals surface area contributed by atoms with Gasteiger partial charge in [0.2, 0.25) is 0 Å². The fourth-order valence-corrected chi connectivity index (χ4v) is 5.15. The van der Waals surface area contributed by atoms with Crippen molar-refractivity contribution in [1.82, 2.24) is 10.2 Å². The molecule has 134 valence electrons. The van der Waals surface area contributed by atoms with Gasteiger partial charge in [0.05, 0.1) is 36.3 Å². The molecule has 1 N–H and O–H groups in total. The van der Waals surface area contributed by atoms with E-state index < -0.39 is 33.9 Å². The number of allylic oxidation sites excluding steroid dienone is 1. The lowest BCUT2D eigenvalue weighted by Crippen LogP contribution is -2.52. The molecule has 2 amide bonds. The first-order chi connectivity index (χ1) is 11.8. The molecule has 2 aliphatic heterocycles. The Morgan fingerprint density at radius 2 is 1.96 bits per heavy atom. The van der Waals surface area contributed by atoms with Gasteiger partial charge in [-0.15, -0.1) is 0 Å². The van der Waals surface area contributed by atoms with Crippen molar-refractivity contribution in [1.29, 1.82) is 0 Å². The third-order valence-corrected chi connectivity index (χ3v) is 6.39. The van der Waals surface area contributed by atoms with Crippen LogP contribution in [0.15, 0.2) is 41.6 Å². The number of carbonyl (C=O) groups is 2. The Morgan fingerprint density at radius 1 is 1.28 bits per heavy atom. The molecule has 1 saturated heterocycles. The number of carbonyl (C=O) groups excluding carboxylic acids is 2. The van der Waals surface area contributed by atoms with E-state index in [1.807, 2.05) is 30.3 Å². The first kappa shape index (κ1) is 17.5. The van der Waals surface area contributed by atoms with Crippen LogP contribution < -0.4 is 5.32 Å². The molecule has 0 saturated carbocycles. The molecule has 0 radical (unpaired) electrons. The number of esters is 1. The van der Waals surface area contributed by atoms with E-state index in [0.717, 1.165) is 5.56 Å². The quantitative estimate of drug-likeness (QED) is 0.818. The summed E-state index contributed by atoms with van der Waals surface area (Å²) in [5.74, 6) is -0.593. The van der Waals surface area contributed by atoms with Crippen molar-refractivity contribution in [3.05, 3.63) is 47.2 Å². The molecule has 1 aromatic rings. The van der Waals surface area contributed by atoms with E-state index in [1.54, 1.807) is 6.92 Å². The predicted octanol–water partition coefficient (Wildman–Crippen LogP) is 1.39. The molecule has 3 rings (SSSR count). The number of rotatable bonds is 3. The van der Waals surface area contributed by atoms with E-state index in [-0.39, 0.29) is 11.5 Å². The molecule has 2 aliphatic rings. The lowest BCUT2D eigenvalue weighted by Gasteiger charge is -2.38. The Balaban J connectivity index is 2.05. The van der Waals surface area contributed by atoms with Crippen molar-refractivity contribution >= 4 is 21.8 Å². The van der Waals surface area contributed by atoms with Crippen LogP contribution in [0.3, 0.4) is 0 Å². The third kappa shape index (κ3) is 3.26. The van der Waals surface area contributed by atoms with Crippen LogP contribution in [0.25, 0.3) is 0 Å². The highest BCUT2D eigenvalue weighted by Crippen LogP contribution is 2.34. The van der Waals surface area contributed by atoms with Crippen molar-refractivity contribution in [3.8, 4) is 0 Å². The number of nitrogens with zero attached hydrogens (tertiary/aromatic N) is 1. The topological polar surface area (TPSA) is 92.8 Å². The van der Waals surface area contributed by atoms with E-state index in [0.29, 0.717) is 17.7 Å². The zero-order valence-electron chi connectivity index (χ0n) is 14.1. The Labute approximate surface area is 146 Å². The first-order valence-corrected chi connectivity index (χ1v) is 9.80. The van der Waals surface area contributed by atoms with E-state index in [2.05, 4.69) is 5.32 Å². The molecular weight excluding hydrogens is 344 g/mol. The smallest absolute Gasteiger partial charge is 0.337 e. The van der Waals surface area contributed by atoms with Crippen LogP contribution in [-0.2, 0) is 19.4 Å². The summed E-state index contributed by atoms with van der Waals surface area (Å²) in [4.78, 5) is 26.4. The molecule has 0 bridgehead atoms. The van der Waals surface area contributed by atoms with Gasteiger partial charge in [0, 0.05) is 5.70 Å². The Hall–Kier alpha value is -2.35. The highest BCUT2D eigenvalue weighted by atomic mass is 32.2. The fraction of sp³-hybridized carbons (Fsp3) is 0.412. The normalized spacial score (nSPS) is 25.7. The molecule has 0 aromatic heterocycles. The van der Waals surface area contributed by atoms with Crippen molar-refractivity contribution in [2.45, 2.75) is 25.4 Å². The van der Waals surface area contributed by atoms with E-state index >= 15 is 0 Å². The second-order valence-corrected chi connectivity index (χ2v) is 8.44. The Bertz CT molecular complexity index is 832. The monoisotopic (exact) mass is 364 g/mol. The van der Waals surface area contributed by atoms with Crippen molar-refractivity contribution in [2.24, 2.45) is 0 Å². The summed E-state index contributed by atoms with van der Waals surface area (Å²) in [5, 5.41) is 2.82. The number of nitrogens with one attached hydrogen (secondary N) is 1. The average molecular weight is 364 g/mol. The largest absolute Gasteiger partial charge is 0.466 e. The van der Waals surface area contributed by atoms with Gasteiger partial charge in [-0.25, -0.2) is 18.0 Å². The Kier molecular flexibility index (Phi) is 4.55. The van der Waals surface area contributed by atoms with Gasteiger partial charge in [0.1, 0.15) is 0 Å². The van der Waals surface area contributed by atoms with Gasteiger partial charge in [-0.3, -0.25) is 4.90 Å². The van der Waals surface area contributed by atoms with Crippen LogP contribution in [-0.4, -0.2) is 50.0 Å². The van der Waals surface area contributed by atoms with Crippen LogP contribution in [0.1, 0.15) is 24.9 Å². The molecule has 2 atom stereocenters. The summed E-state index contributed by atoms with van der Waals surface area (Å²) in [6, 6.07) is 7.62. The van der Waals surface area contributed by atoms with Crippen LogP contribution in [0.2, 0.25) is 0 Å². The Morgan fingerprint density at radius 3 is 2.52 bits per heavy atom. The summed E-state index contributed by atoms with van der Waals surface area (Å²) in [6.45, 7) is 1.66. The molecule has 25 heavy (non-hydrogen) atoms. The van der Waals surface area contributed by atoms with Gasteiger partial charge < -0.3 is 10.1 Å². The lowest BCUT2D eigenvalue weighted by molar-refractivity contribution is -0.136. The number of methoxy groups -OCH3 is 1. The average Bonchev–Trinajstić information content (AvgIpc) is 2.94. The number of amides is 2. The molecule has 0 unspecified atom stereocenters. The summed E-state index contributed by atoms with van der Waals surface area (Å²) in [5.41, 5.74) is 1.51. The second kappa shape index (κ2) is 6.51. The zero-order valence-corrected chi connectivity index (χ0v) is 14.9. The van der Waals surface area contributed by atoms with E-state index in [1.165, 1.54) is 12.0 Å². The van der Waals surface area contributed by atoms with Gasteiger partial charge >= 0.3 is 12.0 Å². The number of urea groups is 1. The number of hydrogen-bond acceptors (Lipinski definition) is 5. The van der Waals surface area contributed by atoms with Crippen molar-refractivity contribution in [2.75, 3.05) is 18.6 Å². The molecule has 2 heterocycles. The summed E-state index contributed by atoms with van der Waals surface area (Å²) >= 11 is 0. The summed E-state index contributed by atoms with van der Waals surface area (Å²) < 4.78 is 28.5. The van der Waals surface area contributed by atoms with Crippen molar-refractivity contribution in [3.63, 3.8) is 0 Å². The van der Waals surface area contributed by atoms with Crippen LogP contribution >= 0.6 is 0 Å². The third-order valence-electron chi connectivity index (χ3n) is 4.64. The zero-order chi connectivity index (χ0) is 18.2. The molecule has 0 aliphatic carbocycles. The highest BCUT2D eigenvalue weighted by molar-refractivity contribution is 7.91.